The van der Waals surface area contributed by atoms with E-state index in [0.717, 1.165) is 12.8 Å². The predicted octanol–water partition coefficient (Wildman–Crippen LogP) is 0.990. The SMILES string of the molecule is CNC(=O)NC(=O)[C@H](C)Sc1nnc(N(C(C)=O)C2CC2)s1. The molecule has 1 saturated carbocycles. The van der Waals surface area contributed by atoms with Gasteiger partial charge in [-0.05, 0) is 19.8 Å². The van der Waals surface area contributed by atoms with Gasteiger partial charge >= 0.3 is 6.03 Å². The Morgan fingerprint density at radius 2 is 2.05 bits per heavy atom. The molecule has 2 N–H and O–H groups in total. The lowest BCUT2D eigenvalue weighted by molar-refractivity contribution is -0.119. The fourth-order valence-corrected chi connectivity index (χ4v) is 3.81. The minimum atomic E-state index is -0.549. The van der Waals surface area contributed by atoms with Crippen LogP contribution >= 0.6 is 23.1 Å². The lowest BCUT2D eigenvalue weighted by Crippen LogP contribution is -2.41. The Bertz CT molecular complexity index is 587. The van der Waals surface area contributed by atoms with Gasteiger partial charge in [0, 0.05) is 20.0 Å². The third-order valence-electron chi connectivity index (χ3n) is 2.96. The van der Waals surface area contributed by atoms with Crippen molar-refractivity contribution in [2.45, 2.75) is 42.3 Å². The second-order valence-electron chi connectivity index (χ2n) is 4.80. The summed E-state index contributed by atoms with van der Waals surface area (Å²) in [5.74, 6) is -0.465. The van der Waals surface area contributed by atoms with Crippen LogP contribution in [0, 0.1) is 0 Å². The van der Waals surface area contributed by atoms with Crippen molar-refractivity contribution < 1.29 is 14.4 Å². The highest BCUT2D eigenvalue weighted by atomic mass is 32.2. The van der Waals surface area contributed by atoms with E-state index in [2.05, 4.69) is 20.8 Å². The van der Waals surface area contributed by atoms with Crippen molar-refractivity contribution in [3.63, 3.8) is 0 Å². The fraction of sp³-hybridized carbons (Fsp3) is 0.583. The summed E-state index contributed by atoms with van der Waals surface area (Å²) in [4.78, 5) is 36.2. The summed E-state index contributed by atoms with van der Waals surface area (Å²) in [6.07, 6.45) is 1.96. The molecule has 120 valence electrons. The number of nitrogens with one attached hydrogen (secondary N) is 2. The first kappa shape index (κ1) is 16.7. The number of anilines is 1. The molecule has 0 saturated heterocycles. The standard InChI is InChI=1S/C12H17N5O3S2/c1-6(9(19)14-10(20)13-3)21-12-16-15-11(22-12)17(7(2)18)8-4-5-8/h6,8H,4-5H2,1-3H3,(H2,13,14,19,20)/t6-/m0/s1. The van der Waals surface area contributed by atoms with Crippen molar-refractivity contribution in [2.75, 3.05) is 11.9 Å². The first-order chi connectivity index (χ1) is 10.4. The summed E-state index contributed by atoms with van der Waals surface area (Å²) >= 11 is 2.47. The Hall–Kier alpha value is -1.68. The van der Waals surface area contributed by atoms with Gasteiger partial charge in [0.25, 0.3) is 0 Å². The lowest BCUT2D eigenvalue weighted by Gasteiger charge is -2.15. The molecule has 1 heterocycles. The van der Waals surface area contributed by atoms with E-state index in [4.69, 9.17) is 0 Å². The maximum atomic E-state index is 11.8. The van der Waals surface area contributed by atoms with E-state index in [1.165, 1.54) is 37.1 Å². The van der Waals surface area contributed by atoms with Crippen LogP contribution in [0.15, 0.2) is 4.34 Å². The summed E-state index contributed by atoms with van der Waals surface area (Å²) < 4.78 is 0.585. The molecule has 0 bridgehead atoms. The van der Waals surface area contributed by atoms with Crippen molar-refractivity contribution >= 4 is 46.1 Å². The highest BCUT2D eigenvalue weighted by Gasteiger charge is 2.34. The van der Waals surface area contributed by atoms with Crippen LogP contribution < -0.4 is 15.5 Å². The Balaban J connectivity index is 1.98. The van der Waals surface area contributed by atoms with Crippen molar-refractivity contribution in [1.82, 2.24) is 20.8 Å². The van der Waals surface area contributed by atoms with E-state index < -0.39 is 17.2 Å². The van der Waals surface area contributed by atoms with E-state index >= 15 is 0 Å². The molecule has 4 amide bonds. The Morgan fingerprint density at radius 3 is 2.59 bits per heavy atom. The van der Waals surface area contributed by atoms with Gasteiger partial charge < -0.3 is 5.32 Å². The molecule has 2 rings (SSSR count). The highest BCUT2D eigenvalue weighted by molar-refractivity contribution is 8.02. The summed E-state index contributed by atoms with van der Waals surface area (Å²) in [7, 11) is 1.44. The van der Waals surface area contributed by atoms with Crippen LogP contribution in [0.2, 0.25) is 0 Å². The molecule has 0 radical (unpaired) electrons. The van der Waals surface area contributed by atoms with E-state index in [0.29, 0.717) is 9.47 Å². The maximum absolute atomic E-state index is 11.8. The third-order valence-corrected chi connectivity index (χ3v) is 5.07. The van der Waals surface area contributed by atoms with Crippen molar-refractivity contribution in [3.8, 4) is 0 Å². The normalized spacial score (nSPS) is 15.0. The molecule has 0 spiro atoms. The number of aromatic nitrogens is 2. The van der Waals surface area contributed by atoms with E-state index in [-0.39, 0.29) is 11.9 Å². The number of imide groups is 1. The number of nitrogens with zero attached hydrogens (tertiary/aromatic N) is 3. The van der Waals surface area contributed by atoms with Gasteiger partial charge in [0.1, 0.15) is 0 Å². The molecule has 8 nitrogen and oxygen atoms in total. The highest BCUT2D eigenvalue weighted by Crippen LogP contribution is 2.36. The van der Waals surface area contributed by atoms with Gasteiger partial charge in [-0.1, -0.05) is 23.1 Å². The van der Waals surface area contributed by atoms with Crippen molar-refractivity contribution in [1.29, 1.82) is 0 Å². The number of rotatable bonds is 5. The van der Waals surface area contributed by atoms with Gasteiger partial charge in [-0.2, -0.15) is 0 Å². The first-order valence-corrected chi connectivity index (χ1v) is 8.44. The molecule has 10 heteroatoms. The number of amides is 4. The van der Waals surface area contributed by atoms with Crippen LogP contribution in [0.25, 0.3) is 0 Å². The fourth-order valence-electron chi connectivity index (χ4n) is 1.71. The second-order valence-corrected chi connectivity index (χ2v) is 7.34. The zero-order valence-corrected chi connectivity index (χ0v) is 14.1. The molecule has 1 aliphatic rings. The van der Waals surface area contributed by atoms with E-state index in [1.807, 2.05) is 0 Å². The summed E-state index contributed by atoms with van der Waals surface area (Å²) in [6, 6.07) is -0.329. The molecule has 1 aliphatic carbocycles. The summed E-state index contributed by atoms with van der Waals surface area (Å²) in [5.41, 5.74) is 0. The monoisotopic (exact) mass is 343 g/mol. The number of hydrogen-bond acceptors (Lipinski definition) is 7. The van der Waals surface area contributed by atoms with Crippen LogP contribution in [0.4, 0.5) is 9.93 Å². The first-order valence-electron chi connectivity index (χ1n) is 6.75. The average molecular weight is 343 g/mol. The topological polar surface area (TPSA) is 104 Å². The summed E-state index contributed by atoms with van der Waals surface area (Å²) in [6.45, 7) is 3.18. The molecule has 0 aliphatic heterocycles. The third kappa shape index (κ3) is 4.17. The van der Waals surface area contributed by atoms with E-state index in [1.54, 1.807) is 11.8 Å². The van der Waals surface area contributed by atoms with Gasteiger partial charge in [0.2, 0.25) is 16.9 Å². The molecule has 0 aromatic carbocycles. The number of urea groups is 1. The molecule has 1 aromatic rings. The molecular formula is C12H17N5O3S2. The Labute approximate surface area is 136 Å². The largest absolute Gasteiger partial charge is 0.341 e. The minimum Gasteiger partial charge on any atom is -0.341 e. The van der Waals surface area contributed by atoms with Crippen LogP contribution in [0.3, 0.4) is 0 Å². The van der Waals surface area contributed by atoms with Crippen LogP contribution in [-0.4, -0.2) is 46.4 Å². The van der Waals surface area contributed by atoms with Gasteiger partial charge in [0.15, 0.2) is 4.34 Å². The Kier molecular flexibility index (Phi) is 5.35. The predicted molar refractivity (Wildman–Crippen MR) is 84.0 cm³/mol. The molecule has 1 fully saturated rings. The van der Waals surface area contributed by atoms with Crippen molar-refractivity contribution in [3.05, 3.63) is 0 Å². The molecule has 0 unspecified atom stereocenters. The lowest BCUT2D eigenvalue weighted by atomic mass is 10.4. The number of carbonyl (C=O) groups excluding carboxylic acids is 3. The zero-order chi connectivity index (χ0) is 16.3. The Morgan fingerprint density at radius 1 is 1.36 bits per heavy atom. The quantitative estimate of drug-likeness (QED) is 0.610. The number of hydrogen-bond donors (Lipinski definition) is 2. The van der Waals surface area contributed by atoms with Gasteiger partial charge in [-0.25, -0.2) is 4.79 Å². The average Bonchev–Trinajstić information content (AvgIpc) is 3.18. The maximum Gasteiger partial charge on any atom is 0.321 e. The molecule has 1 atom stereocenters. The van der Waals surface area contributed by atoms with Crippen LogP contribution in [-0.2, 0) is 9.59 Å². The summed E-state index contributed by atoms with van der Waals surface area (Å²) in [5, 5.41) is 12.6. The van der Waals surface area contributed by atoms with Crippen LogP contribution in [0.1, 0.15) is 26.7 Å². The van der Waals surface area contributed by atoms with Gasteiger partial charge in [0.05, 0.1) is 5.25 Å². The smallest absolute Gasteiger partial charge is 0.321 e. The molecule has 22 heavy (non-hydrogen) atoms. The van der Waals surface area contributed by atoms with Crippen molar-refractivity contribution in [2.24, 2.45) is 0 Å². The van der Waals surface area contributed by atoms with Gasteiger partial charge in [-0.15, -0.1) is 10.2 Å². The molecular weight excluding hydrogens is 326 g/mol. The number of carbonyl (C=O) groups is 3. The number of thioether (sulfide) groups is 1. The minimum absolute atomic E-state index is 0.0550. The van der Waals surface area contributed by atoms with Crippen LogP contribution in [0.5, 0.6) is 0 Å². The van der Waals surface area contributed by atoms with E-state index in [9.17, 15) is 14.4 Å². The molecule has 1 aromatic heterocycles. The van der Waals surface area contributed by atoms with Gasteiger partial charge in [-0.3, -0.25) is 19.8 Å². The zero-order valence-electron chi connectivity index (χ0n) is 12.5. The second kappa shape index (κ2) is 7.05.